The molecule has 0 radical (unpaired) electrons. The molecule has 2 aromatic carbocycles. The highest BCUT2D eigenvalue weighted by Gasteiger charge is 2.48. The van der Waals surface area contributed by atoms with Gasteiger partial charge in [0.05, 0.1) is 32.0 Å². The van der Waals surface area contributed by atoms with Crippen molar-refractivity contribution in [3.05, 3.63) is 65.7 Å². The molecule has 0 spiro atoms. The van der Waals surface area contributed by atoms with Crippen molar-refractivity contribution < 1.29 is 33.3 Å². The van der Waals surface area contributed by atoms with E-state index in [1.54, 1.807) is 7.11 Å². The lowest BCUT2D eigenvalue weighted by molar-refractivity contribution is -0.258. The van der Waals surface area contributed by atoms with Crippen molar-refractivity contribution in [2.75, 3.05) is 20.3 Å². The standard InChI is InChI=1S/C39H62O7SSi/c1-25(23-40)32(44-35(29-17-15-14-16-18-29)36(41)47-38(5,6)7)27(3)34(46-48(12,13)39(8,9)10)28(4)33-26(2)24-43-37(45-33)30-19-21-31(42-11)22-20-30/h14-22,25-28,32-35,37,40H,23-24H2,1-13H3. The molecule has 1 N–H and O–H groups in total. The van der Waals surface area contributed by atoms with Crippen LogP contribution in [0.2, 0.25) is 18.1 Å². The summed E-state index contributed by atoms with van der Waals surface area (Å²) in [6, 6.07) is 17.5. The molecule has 0 saturated carbocycles. The number of aliphatic hydroxyl groups is 1. The van der Waals surface area contributed by atoms with Crippen LogP contribution in [0.3, 0.4) is 0 Å². The van der Waals surface area contributed by atoms with Crippen LogP contribution < -0.4 is 4.74 Å². The Balaban J connectivity index is 2.04. The van der Waals surface area contributed by atoms with Gasteiger partial charge in [0.15, 0.2) is 20.7 Å². The number of carbonyl (C=O) groups excluding carboxylic acids is 1. The van der Waals surface area contributed by atoms with E-state index >= 15 is 0 Å². The van der Waals surface area contributed by atoms with Crippen molar-refractivity contribution in [1.82, 2.24) is 0 Å². The maximum Gasteiger partial charge on any atom is 0.222 e. The fourth-order valence-corrected chi connectivity index (χ4v) is 8.47. The van der Waals surface area contributed by atoms with Crippen molar-refractivity contribution in [3.63, 3.8) is 0 Å². The Kier molecular flexibility index (Phi) is 14.4. The van der Waals surface area contributed by atoms with Gasteiger partial charge in [-0.25, -0.2) is 0 Å². The molecule has 7 nitrogen and oxygen atoms in total. The van der Waals surface area contributed by atoms with E-state index in [0.717, 1.165) is 16.9 Å². The summed E-state index contributed by atoms with van der Waals surface area (Å²) >= 11 is 1.29. The highest BCUT2D eigenvalue weighted by atomic mass is 32.2. The average Bonchev–Trinajstić information content (AvgIpc) is 3.02. The summed E-state index contributed by atoms with van der Waals surface area (Å²) < 4.78 is 32.4. The van der Waals surface area contributed by atoms with Gasteiger partial charge in [0, 0.05) is 40.6 Å². The van der Waals surface area contributed by atoms with Crippen molar-refractivity contribution in [2.24, 2.45) is 23.7 Å². The number of hydrogen-bond acceptors (Lipinski definition) is 8. The first-order chi connectivity index (χ1) is 22.3. The van der Waals surface area contributed by atoms with Gasteiger partial charge in [-0.05, 0) is 35.8 Å². The molecule has 0 amide bonds. The number of ether oxygens (including phenoxy) is 4. The first kappa shape index (κ1) is 40.7. The average molecular weight is 703 g/mol. The number of rotatable bonds is 14. The largest absolute Gasteiger partial charge is 0.497 e. The quantitative estimate of drug-likeness (QED) is 0.195. The summed E-state index contributed by atoms with van der Waals surface area (Å²) in [4.78, 5) is 13.9. The van der Waals surface area contributed by atoms with E-state index in [1.165, 1.54) is 11.8 Å². The van der Waals surface area contributed by atoms with Crippen LogP contribution in [-0.2, 0) is 23.4 Å². The molecule has 2 aromatic rings. The van der Waals surface area contributed by atoms with Crippen LogP contribution in [0, 0.1) is 23.7 Å². The van der Waals surface area contributed by atoms with Gasteiger partial charge in [0.2, 0.25) is 5.12 Å². The second-order valence-corrected chi connectivity index (χ2v) is 22.7. The molecule has 1 fully saturated rings. The van der Waals surface area contributed by atoms with Crippen LogP contribution in [0.4, 0.5) is 0 Å². The SMILES string of the molecule is COc1ccc(C2OCC(C)C(C(C)C(O[Si](C)(C)C(C)(C)C)C(C)C(OC(C(=O)SC(C)(C)C)c3ccccc3)C(C)CO)O2)cc1. The van der Waals surface area contributed by atoms with Crippen LogP contribution in [-0.4, -0.2) is 61.9 Å². The Morgan fingerprint density at radius 2 is 1.58 bits per heavy atom. The van der Waals surface area contributed by atoms with E-state index in [1.807, 2.05) is 82.3 Å². The molecule has 9 unspecified atom stereocenters. The minimum absolute atomic E-state index is 0.0384. The summed E-state index contributed by atoms with van der Waals surface area (Å²) in [5.74, 6) is 0.399. The zero-order valence-electron chi connectivity index (χ0n) is 31.6. The van der Waals surface area contributed by atoms with E-state index in [2.05, 4.69) is 54.6 Å². The molecular formula is C39H62O7SSi. The van der Waals surface area contributed by atoms with Gasteiger partial charge in [-0.3, -0.25) is 4.79 Å². The summed E-state index contributed by atoms with van der Waals surface area (Å²) in [6.07, 6.45) is -2.24. The Morgan fingerprint density at radius 3 is 2.10 bits per heavy atom. The fourth-order valence-electron chi connectivity index (χ4n) is 6.10. The molecule has 1 aliphatic rings. The molecule has 1 heterocycles. The Bertz CT molecular complexity index is 1270. The van der Waals surface area contributed by atoms with Crippen molar-refractivity contribution in [3.8, 4) is 5.75 Å². The van der Waals surface area contributed by atoms with Crippen LogP contribution in [0.25, 0.3) is 0 Å². The van der Waals surface area contributed by atoms with E-state index < -0.39 is 26.8 Å². The molecule has 9 heteroatoms. The monoisotopic (exact) mass is 702 g/mol. The van der Waals surface area contributed by atoms with Gasteiger partial charge >= 0.3 is 0 Å². The zero-order chi connectivity index (χ0) is 36.0. The number of carbonyl (C=O) groups is 1. The molecule has 1 saturated heterocycles. The van der Waals surface area contributed by atoms with E-state index in [4.69, 9.17) is 23.4 Å². The topological polar surface area (TPSA) is 83.5 Å². The summed E-state index contributed by atoms with van der Waals surface area (Å²) in [6.45, 7) is 26.4. The molecule has 48 heavy (non-hydrogen) atoms. The van der Waals surface area contributed by atoms with Gasteiger partial charge in [-0.1, -0.05) is 123 Å². The number of thioether (sulfide) groups is 1. The van der Waals surface area contributed by atoms with Crippen molar-refractivity contribution in [1.29, 1.82) is 0 Å². The molecule has 9 atom stereocenters. The zero-order valence-corrected chi connectivity index (χ0v) is 33.4. The predicted molar refractivity (Wildman–Crippen MR) is 199 cm³/mol. The van der Waals surface area contributed by atoms with Crippen LogP contribution in [0.1, 0.15) is 92.8 Å². The molecule has 0 aliphatic carbocycles. The normalized spacial score (nSPS) is 23.1. The highest BCUT2D eigenvalue weighted by molar-refractivity contribution is 8.14. The van der Waals surface area contributed by atoms with Crippen LogP contribution >= 0.6 is 11.8 Å². The number of methoxy groups -OCH3 is 1. The van der Waals surface area contributed by atoms with Gasteiger partial charge in [-0.2, -0.15) is 0 Å². The second-order valence-electron chi connectivity index (χ2n) is 16.2. The molecule has 3 rings (SSSR count). The van der Waals surface area contributed by atoms with E-state index in [9.17, 15) is 9.90 Å². The summed E-state index contributed by atoms with van der Waals surface area (Å²) in [7, 11) is -0.654. The Labute approximate surface area is 295 Å². The smallest absolute Gasteiger partial charge is 0.222 e. The van der Waals surface area contributed by atoms with E-state index in [0.29, 0.717) is 6.61 Å². The van der Waals surface area contributed by atoms with Gasteiger partial charge in [-0.15, -0.1) is 0 Å². The van der Waals surface area contributed by atoms with Crippen LogP contribution in [0.15, 0.2) is 54.6 Å². The molecule has 0 bridgehead atoms. The summed E-state index contributed by atoms with van der Waals surface area (Å²) in [5, 5.41) is 10.5. The number of hydrogen-bond donors (Lipinski definition) is 1. The number of benzene rings is 2. The van der Waals surface area contributed by atoms with Gasteiger partial charge in [0.1, 0.15) is 5.75 Å². The van der Waals surface area contributed by atoms with Crippen molar-refractivity contribution >= 4 is 25.2 Å². The third-order valence-electron chi connectivity index (χ3n) is 9.91. The van der Waals surface area contributed by atoms with Gasteiger partial charge < -0.3 is 28.5 Å². The maximum absolute atomic E-state index is 13.9. The molecule has 270 valence electrons. The third kappa shape index (κ3) is 10.6. The van der Waals surface area contributed by atoms with E-state index in [-0.39, 0.29) is 57.4 Å². The first-order valence-corrected chi connectivity index (χ1v) is 21.1. The minimum Gasteiger partial charge on any atom is -0.497 e. The number of aliphatic hydroxyl groups excluding tert-OH is 1. The minimum atomic E-state index is -2.31. The third-order valence-corrected chi connectivity index (χ3v) is 15.4. The second kappa shape index (κ2) is 17.0. The Hall–Kier alpha value is -1.72. The Morgan fingerprint density at radius 1 is 0.979 bits per heavy atom. The summed E-state index contributed by atoms with van der Waals surface area (Å²) in [5.41, 5.74) is 1.74. The van der Waals surface area contributed by atoms with Crippen LogP contribution in [0.5, 0.6) is 5.75 Å². The van der Waals surface area contributed by atoms with Gasteiger partial charge in [0.25, 0.3) is 0 Å². The lowest BCUT2D eigenvalue weighted by Gasteiger charge is -2.48. The maximum atomic E-state index is 13.9. The van der Waals surface area contributed by atoms with Crippen molar-refractivity contribution in [2.45, 2.75) is 123 Å². The molecular weight excluding hydrogens is 641 g/mol. The predicted octanol–water partition coefficient (Wildman–Crippen LogP) is 9.22. The fraction of sp³-hybridized carbons (Fsp3) is 0.667. The lowest BCUT2D eigenvalue weighted by Crippen LogP contribution is -2.54. The highest BCUT2D eigenvalue weighted by Crippen LogP contribution is 2.44. The molecule has 0 aromatic heterocycles. The molecule has 1 aliphatic heterocycles. The first-order valence-electron chi connectivity index (χ1n) is 17.4. The lowest BCUT2D eigenvalue weighted by atomic mass is 9.79.